The molecule has 0 bridgehead atoms. The van der Waals surface area contributed by atoms with Crippen LogP contribution in [0.5, 0.6) is 0 Å². The number of aryl methyl sites for hydroxylation is 1. The van der Waals surface area contributed by atoms with Gasteiger partial charge in [0.05, 0.1) is 11.0 Å². The van der Waals surface area contributed by atoms with E-state index in [0.29, 0.717) is 17.5 Å². The maximum absolute atomic E-state index is 6.57. The maximum atomic E-state index is 6.57. The Hall–Kier alpha value is -7.63. The minimum Gasteiger partial charge on any atom is -0.456 e. The molecule has 3 aromatic heterocycles. The molecule has 57 heavy (non-hydrogen) atoms. The van der Waals surface area contributed by atoms with Crippen molar-refractivity contribution in [2.24, 2.45) is 0 Å². The maximum Gasteiger partial charge on any atom is 0.164 e. The van der Waals surface area contributed by atoms with Gasteiger partial charge < -0.3 is 8.98 Å². The molecule has 0 N–H and O–H groups in total. The van der Waals surface area contributed by atoms with E-state index < -0.39 is 0 Å². The van der Waals surface area contributed by atoms with Crippen LogP contribution in [0.15, 0.2) is 192 Å². The molecule has 0 fully saturated rings. The summed E-state index contributed by atoms with van der Waals surface area (Å²) in [7, 11) is 0. The molecule has 5 heteroatoms. The molecule has 0 atom stereocenters. The van der Waals surface area contributed by atoms with Gasteiger partial charge in [0.1, 0.15) is 11.2 Å². The number of benzene rings is 8. The van der Waals surface area contributed by atoms with Crippen LogP contribution >= 0.6 is 0 Å². The zero-order chi connectivity index (χ0) is 37.9. The van der Waals surface area contributed by atoms with Crippen LogP contribution in [0.1, 0.15) is 5.56 Å². The average Bonchev–Trinajstić information content (AvgIpc) is 3.82. The van der Waals surface area contributed by atoms with Gasteiger partial charge in [-0.15, -0.1) is 0 Å². The quantitative estimate of drug-likeness (QED) is 0.171. The summed E-state index contributed by atoms with van der Waals surface area (Å²) in [5.41, 5.74) is 13.3. The Bertz CT molecular complexity index is 3310. The third-order valence-electron chi connectivity index (χ3n) is 10.9. The summed E-state index contributed by atoms with van der Waals surface area (Å²) in [4.78, 5) is 15.9. The summed E-state index contributed by atoms with van der Waals surface area (Å²) >= 11 is 0. The van der Waals surface area contributed by atoms with Gasteiger partial charge in [0, 0.05) is 43.9 Å². The SMILES string of the molecule is Cc1cccc(-c2ccccc2-c2nc(-c3ccc4c(c3)oc3cccc(-c5ccccc5)c34)nc(-c3cccc4c3c3ccccc3n4-c3ccccc3)n2)c1. The van der Waals surface area contributed by atoms with Crippen molar-refractivity contribution >= 4 is 43.7 Å². The molecule has 8 aromatic carbocycles. The lowest BCUT2D eigenvalue weighted by atomic mass is 9.97. The molecule has 3 heterocycles. The Morgan fingerprint density at radius 3 is 1.86 bits per heavy atom. The highest BCUT2D eigenvalue weighted by atomic mass is 16.3. The minimum absolute atomic E-state index is 0.573. The van der Waals surface area contributed by atoms with Crippen molar-refractivity contribution < 1.29 is 4.42 Å². The number of fused-ring (bicyclic) bond motifs is 6. The van der Waals surface area contributed by atoms with E-state index in [1.54, 1.807) is 0 Å². The van der Waals surface area contributed by atoms with E-state index in [1.807, 2.05) is 12.1 Å². The average molecular weight is 731 g/mol. The summed E-state index contributed by atoms with van der Waals surface area (Å²) in [5, 5.41) is 4.36. The van der Waals surface area contributed by atoms with Crippen molar-refractivity contribution in [1.29, 1.82) is 0 Å². The van der Waals surface area contributed by atoms with Gasteiger partial charge in [0.25, 0.3) is 0 Å². The summed E-state index contributed by atoms with van der Waals surface area (Å²) in [6.45, 7) is 2.12. The Kier molecular flexibility index (Phi) is 7.64. The van der Waals surface area contributed by atoms with Crippen LogP contribution in [0.3, 0.4) is 0 Å². The summed E-state index contributed by atoms with van der Waals surface area (Å²) in [6.07, 6.45) is 0. The number of nitrogens with zero attached hydrogens (tertiary/aromatic N) is 4. The fourth-order valence-electron chi connectivity index (χ4n) is 8.37. The largest absolute Gasteiger partial charge is 0.456 e. The van der Waals surface area contributed by atoms with Crippen LogP contribution in [0.2, 0.25) is 0 Å². The van der Waals surface area contributed by atoms with Gasteiger partial charge in [-0.1, -0.05) is 151 Å². The lowest BCUT2D eigenvalue weighted by Gasteiger charge is -2.13. The van der Waals surface area contributed by atoms with Crippen molar-refractivity contribution in [1.82, 2.24) is 19.5 Å². The summed E-state index contributed by atoms with van der Waals surface area (Å²) in [6, 6.07) is 65.5. The molecule has 268 valence electrons. The molecule has 5 nitrogen and oxygen atoms in total. The number of hydrogen-bond donors (Lipinski definition) is 0. The molecule has 11 aromatic rings. The van der Waals surface area contributed by atoms with E-state index >= 15 is 0 Å². The number of para-hydroxylation sites is 2. The van der Waals surface area contributed by atoms with E-state index in [4.69, 9.17) is 19.4 Å². The second kappa shape index (κ2) is 13.3. The van der Waals surface area contributed by atoms with E-state index in [-0.39, 0.29) is 0 Å². The van der Waals surface area contributed by atoms with E-state index in [1.165, 1.54) is 5.56 Å². The molecule has 0 amide bonds. The Labute approximate surface area is 329 Å². The zero-order valence-corrected chi connectivity index (χ0v) is 31.1. The molecule has 0 radical (unpaired) electrons. The standard InChI is InChI=1S/C52H34N4O/c1-33-15-12-18-35(31-33)38-21-8-9-22-40(38)51-53-50(36-29-30-42-47(32-36)57-46-28-14-24-39(49(42)46)34-16-4-2-5-17-34)54-52(55-51)43-25-13-27-45-48(43)41-23-10-11-26-44(41)56(45)37-19-6-3-7-20-37/h2-32H,1H3. The van der Waals surface area contributed by atoms with Crippen molar-refractivity contribution in [3.8, 4) is 62.1 Å². The topological polar surface area (TPSA) is 56.7 Å². The van der Waals surface area contributed by atoms with Crippen LogP contribution in [0.25, 0.3) is 106 Å². The van der Waals surface area contributed by atoms with Crippen molar-refractivity contribution in [3.63, 3.8) is 0 Å². The van der Waals surface area contributed by atoms with E-state index in [9.17, 15) is 0 Å². The molecule has 0 aliphatic rings. The predicted molar refractivity (Wildman–Crippen MR) is 233 cm³/mol. The molecule has 0 aliphatic carbocycles. The Balaban J connectivity index is 1.16. The molecular weight excluding hydrogens is 697 g/mol. The van der Waals surface area contributed by atoms with E-state index in [0.717, 1.165) is 88.4 Å². The van der Waals surface area contributed by atoms with Gasteiger partial charge in [-0.2, -0.15) is 0 Å². The van der Waals surface area contributed by atoms with Crippen LogP contribution < -0.4 is 0 Å². The number of aromatic nitrogens is 4. The minimum atomic E-state index is 0.573. The molecular formula is C52H34N4O. The van der Waals surface area contributed by atoms with Crippen LogP contribution in [-0.4, -0.2) is 19.5 Å². The van der Waals surface area contributed by atoms with Gasteiger partial charge in [0.2, 0.25) is 0 Å². The lowest BCUT2D eigenvalue weighted by Crippen LogP contribution is -2.01. The molecule has 0 saturated carbocycles. The monoisotopic (exact) mass is 730 g/mol. The Morgan fingerprint density at radius 1 is 0.386 bits per heavy atom. The van der Waals surface area contributed by atoms with Gasteiger partial charge in [-0.3, -0.25) is 0 Å². The summed E-state index contributed by atoms with van der Waals surface area (Å²) in [5.74, 6) is 1.78. The predicted octanol–water partition coefficient (Wildman–Crippen LogP) is 13.5. The van der Waals surface area contributed by atoms with Gasteiger partial charge in [-0.25, -0.2) is 15.0 Å². The number of hydrogen-bond acceptors (Lipinski definition) is 4. The third-order valence-corrected chi connectivity index (χ3v) is 10.9. The summed E-state index contributed by atoms with van der Waals surface area (Å²) < 4.78 is 8.89. The third kappa shape index (κ3) is 5.51. The lowest BCUT2D eigenvalue weighted by molar-refractivity contribution is 0.669. The first-order valence-corrected chi connectivity index (χ1v) is 19.2. The fourth-order valence-corrected chi connectivity index (χ4v) is 8.37. The second-order valence-electron chi connectivity index (χ2n) is 14.5. The first kappa shape index (κ1) is 32.8. The van der Waals surface area contributed by atoms with Gasteiger partial charge in [-0.05, 0) is 71.6 Å². The smallest absolute Gasteiger partial charge is 0.164 e. The molecule has 11 rings (SSSR count). The molecule has 0 unspecified atom stereocenters. The first-order chi connectivity index (χ1) is 28.2. The first-order valence-electron chi connectivity index (χ1n) is 19.2. The van der Waals surface area contributed by atoms with Crippen LogP contribution in [0, 0.1) is 6.92 Å². The molecule has 0 aliphatic heterocycles. The number of rotatable bonds is 6. The van der Waals surface area contributed by atoms with Gasteiger partial charge in [0.15, 0.2) is 17.5 Å². The van der Waals surface area contributed by atoms with E-state index in [2.05, 4.69) is 187 Å². The fraction of sp³-hybridized carbons (Fsp3) is 0.0192. The normalized spacial score (nSPS) is 11.6. The van der Waals surface area contributed by atoms with Gasteiger partial charge >= 0.3 is 0 Å². The second-order valence-corrected chi connectivity index (χ2v) is 14.5. The molecule has 0 spiro atoms. The highest BCUT2D eigenvalue weighted by Crippen LogP contribution is 2.41. The number of furan rings is 1. The van der Waals surface area contributed by atoms with Crippen LogP contribution in [0.4, 0.5) is 0 Å². The Morgan fingerprint density at radius 2 is 1.02 bits per heavy atom. The van der Waals surface area contributed by atoms with Crippen molar-refractivity contribution in [3.05, 3.63) is 194 Å². The highest BCUT2D eigenvalue weighted by molar-refractivity contribution is 6.15. The zero-order valence-electron chi connectivity index (χ0n) is 31.1. The van der Waals surface area contributed by atoms with Crippen molar-refractivity contribution in [2.75, 3.05) is 0 Å². The highest BCUT2D eigenvalue weighted by Gasteiger charge is 2.21. The van der Waals surface area contributed by atoms with Crippen LogP contribution in [-0.2, 0) is 0 Å². The van der Waals surface area contributed by atoms with Crippen molar-refractivity contribution in [2.45, 2.75) is 6.92 Å². The molecule has 0 saturated heterocycles.